The third kappa shape index (κ3) is 4.06. The highest BCUT2D eigenvalue weighted by Gasteiger charge is 2.21. The van der Waals surface area contributed by atoms with Crippen molar-refractivity contribution in [1.29, 1.82) is 5.26 Å². The van der Waals surface area contributed by atoms with Crippen LogP contribution in [-0.2, 0) is 0 Å². The Hall–Kier alpha value is -2.65. The molecule has 0 amide bonds. The molecule has 2 aromatic rings. The number of nitrogens with one attached hydrogen (secondary N) is 1. The van der Waals surface area contributed by atoms with E-state index in [-0.39, 0.29) is 18.0 Å². The zero-order valence-corrected chi connectivity index (χ0v) is 14.1. The number of aliphatic hydroxyl groups is 1. The molecule has 1 unspecified atom stereocenters. The minimum absolute atomic E-state index is 0.155. The molecule has 1 atom stereocenters. The van der Waals surface area contributed by atoms with Crippen LogP contribution < -0.4 is 10.2 Å². The molecule has 0 saturated carbocycles. The Morgan fingerprint density at radius 2 is 2.08 bits per heavy atom. The van der Waals surface area contributed by atoms with Crippen molar-refractivity contribution in [3.05, 3.63) is 53.5 Å². The third-order valence-corrected chi connectivity index (χ3v) is 4.52. The maximum absolute atomic E-state index is 13.8. The number of nitriles is 1. The van der Waals surface area contributed by atoms with Gasteiger partial charge < -0.3 is 15.3 Å². The van der Waals surface area contributed by atoms with E-state index in [9.17, 15) is 9.50 Å². The predicted molar refractivity (Wildman–Crippen MR) is 94.8 cm³/mol. The number of halogens is 1. The minimum Gasteiger partial charge on any atom is -0.393 e. The van der Waals surface area contributed by atoms with E-state index in [2.05, 4.69) is 15.2 Å². The average Bonchev–Trinajstić information content (AvgIpc) is 2.63. The van der Waals surface area contributed by atoms with Crippen LogP contribution in [0.15, 0.2) is 36.5 Å². The molecule has 0 radical (unpaired) electrons. The van der Waals surface area contributed by atoms with Crippen molar-refractivity contribution in [2.24, 2.45) is 0 Å². The Balaban J connectivity index is 1.82. The van der Waals surface area contributed by atoms with E-state index >= 15 is 0 Å². The lowest BCUT2D eigenvalue weighted by molar-refractivity contribution is 0.145. The van der Waals surface area contributed by atoms with E-state index < -0.39 is 0 Å². The highest BCUT2D eigenvalue weighted by Crippen LogP contribution is 2.31. The number of piperidine rings is 1. The number of rotatable bonds is 4. The lowest BCUT2D eigenvalue weighted by Gasteiger charge is -2.34. The number of nitrogens with zero attached hydrogens (tertiary/aromatic N) is 3. The maximum atomic E-state index is 13.8. The molecular formula is C19H21FN4O. The number of aliphatic hydroxyl groups excluding tert-OH is 1. The van der Waals surface area contributed by atoms with Gasteiger partial charge in [-0.15, -0.1) is 0 Å². The number of hydrogen-bond acceptors (Lipinski definition) is 5. The summed E-state index contributed by atoms with van der Waals surface area (Å²) in [5.74, 6) is 0.355. The molecule has 6 heteroatoms. The van der Waals surface area contributed by atoms with E-state index in [1.807, 2.05) is 13.0 Å². The minimum atomic E-state index is -0.280. The van der Waals surface area contributed by atoms with Crippen LogP contribution in [-0.4, -0.2) is 29.3 Å². The molecule has 1 fully saturated rings. The van der Waals surface area contributed by atoms with Gasteiger partial charge in [-0.2, -0.15) is 5.26 Å². The molecule has 5 nitrogen and oxygen atoms in total. The second-order valence-electron chi connectivity index (χ2n) is 6.33. The fourth-order valence-electron chi connectivity index (χ4n) is 3.11. The molecule has 0 aliphatic carbocycles. The fraction of sp³-hybridized carbons (Fsp3) is 0.368. The maximum Gasteiger partial charge on any atom is 0.126 e. The highest BCUT2D eigenvalue weighted by molar-refractivity contribution is 5.57. The predicted octanol–water partition coefficient (Wildman–Crippen LogP) is 3.23. The van der Waals surface area contributed by atoms with Gasteiger partial charge in [0.15, 0.2) is 0 Å². The number of anilines is 2. The first-order valence-electron chi connectivity index (χ1n) is 8.42. The van der Waals surface area contributed by atoms with Gasteiger partial charge in [0, 0.05) is 30.5 Å². The molecule has 1 aliphatic heterocycles. The largest absolute Gasteiger partial charge is 0.393 e. The summed E-state index contributed by atoms with van der Waals surface area (Å²) in [5, 5.41) is 21.8. The topological polar surface area (TPSA) is 72.2 Å². The van der Waals surface area contributed by atoms with Gasteiger partial charge >= 0.3 is 0 Å². The number of benzene rings is 1. The Morgan fingerprint density at radius 1 is 1.32 bits per heavy atom. The monoisotopic (exact) mass is 340 g/mol. The van der Waals surface area contributed by atoms with E-state index in [1.54, 1.807) is 24.3 Å². The van der Waals surface area contributed by atoms with Gasteiger partial charge in [0.05, 0.1) is 17.7 Å². The summed E-state index contributed by atoms with van der Waals surface area (Å²) < 4.78 is 13.8. The summed E-state index contributed by atoms with van der Waals surface area (Å²) >= 11 is 0. The van der Waals surface area contributed by atoms with Crippen LogP contribution in [0.25, 0.3) is 0 Å². The smallest absolute Gasteiger partial charge is 0.126 e. The van der Waals surface area contributed by atoms with Crippen LogP contribution in [0.4, 0.5) is 15.9 Å². The van der Waals surface area contributed by atoms with Crippen LogP contribution >= 0.6 is 0 Å². The molecule has 1 aliphatic rings. The molecule has 130 valence electrons. The summed E-state index contributed by atoms with van der Waals surface area (Å²) in [4.78, 5) is 6.40. The average molecular weight is 340 g/mol. The molecule has 1 aromatic carbocycles. The van der Waals surface area contributed by atoms with Crippen molar-refractivity contribution in [3.63, 3.8) is 0 Å². The number of aromatic nitrogens is 1. The summed E-state index contributed by atoms with van der Waals surface area (Å²) in [6.45, 7) is 3.46. The Morgan fingerprint density at radius 3 is 2.72 bits per heavy atom. The van der Waals surface area contributed by atoms with Crippen molar-refractivity contribution < 1.29 is 9.50 Å². The zero-order valence-electron chi connectivity index (χ0n) is 14.1. The van der Waals surface area contributed by atoms with Crippen LogP contribution in [0.1, 0.15) is 36.9 Å². The van der Waals surface area contributed by atoms with Crippen LogP contribution in [0, 0.1) is 17.1 Å². The second-order valence-corrected chi connectivity index (χ2v) is 6.33. The zero-order chi connectivity index (χ0) is 17.8. The van der Waals surface area contributed by atoms with E-state index in [4.69, 9.17) is 5.26 Å². The van der Waals surface area contributed by atoms with Crippen LogP contribution in [0.3, 0.4) is 0 Å². The number of pyridine rings is 1. The molecule has 0 spiro atoms. The molecule has 2 N–H and O–H groups in total. The van der Waals surface area contributed by atoms with Gasteiger partial charge in [-0.1, -0.05) is 0 Å². The SMILES string of the molecule is CC(Nc1ccc(C#N)cn1)c1cc(F)ccc1N1CCC(O)CC1. The Bertz CT molecular complexity index is 764. The van der Waals surface area contributed by atoms with Crippen molar-refractivity contribution >= 4 is 11.5 Å². The Labute approximate surface area is 146 Å². The van der Waals surface area contributed by atoms with Crippen molar-refractivity contribution in [1.82, 2.24) is 4.98 Å². The van der Waals surface area contributed by atoms with Crippen molar-refractivity contribution in [3.8, 4) is 6.07 Å². The number of hydrogen-bond donors (Lipinski definition) is 2. The fourth-order valence-corrected chi connectivity index (χ4v) is 3.11. The first-order valence-corrected chi connectivity index (χ1v) is 8.42. The normalized spacial score (nSPS) is 16.3. The van der Waals surface area contributed by atoms with Gasteiger partial charge in [0.25, 0.3) is 0 Å². The third-order valence-electron chi connectivity index (χ3n) is 4.52. The second kappa shape index (κ2) is 7.49. The molecule has 25 heavy (non-hydrogen) atoms. The Kier molecular flexibility index (Phi) is 5.15. The molecule has 1 saturated heterocycles. The van der Waals surface area contributed by atoms with E-state index in [1.165, 1.54) is 12.3 Å². The van der Waals surface area contributed by atoms with E-state index in [0.29, 0.717) is 11.4 Å². The standard InChI is InChI=1S/C19H21FN4O/c1-13(23-19-5-2-14(11-21)12-22-19)17-10-15(20)3-4-18(17)24-8-6-16(25)7-9-24/h2-5,10,12-13,16,25H,6-9H2,1H3,(H,22,23). The summed E-state index contributed by atoms with van der Waals surface area (Å²) in [6, 6.07) is 10.1. The molecular weight excluding hydrogens is 319 g/mol. The first kappa shape index (κ1) is 17.2. The van der Waals surface area contributed by atoms with Gasteiger partial charge in [0.2, 0.25) is 0 Å². The quantitative estimate of drug-likeness (QED) is 0.894. The molecule has 1 aromatic heterocycles. The summed E-state index contributed by atoms with van der Waals surface area (Å²) in [7, 11) is 0. The summed E-state index contributed by atoms with van der Waals surface area (Å²) in [5.41, 5.74) is 2.32. The van der Waals surface area contributed by atoms with Crippen LogP contribution in [0.5, 0.6) is 0 Å². The van der Waals surface area contributed by atoms with E-state index in [0.717, 1.165) is 37.2 Å². The highest BCUT2D eigenvalue weighted by atomic mass is 19.1. The lowest BCUT2D eigenvalue weighted by atomic mass is 10.0. The lowest BCUT2D eigenvalue weighted by Crippen LogP contribution is -2.36. The van der Waals surface area contributed by atoms with Gasteiger partial charge in [-0.3, -0.25) is 0 Å². The van der Waals surface area contributed by atoms with Gasteiger partial charge in [-0.05, 0) is 50.1 Å². The van der Waals surface area contributed by atoms with Crippen molar-refractivity contribution in [2.45, 2.75) is 31.9 Å². The van der Waals surface area contributed by atoms with Crippen molar-refractivity contribution in [2.75, 3.05) is 23.3 Å². The molecule has 0 bridgehead atoms. The first-order chi connectivity index (χ1) is 12.1. The molecule has 2 heterocycles. The van der Waals surface area contributed by atoms with Gasteiger partial charge in [0.1, 0.15) is 17.7 Å². The summed E-state index contributed by atoms with van der Waals surface area (Å²) in [6.07, 6.45) is 2.69. The van der Waals surface area contributed by atoms with Gasteiger partial charge in [-0.25, -0.2) is 9.37 Å². The molecule has 3 rings (SSSR count). The van der Waals surface area contributed by atoms with Crippen LogP contribution in [0.2, 0.25) is 0 Å².